The lowest BCUT2D eigenvalue weighted by atomic mass is 9.85. The Bertz CT molecular complexity index is 2690. The number of hydrazone groups is 2. The van der Waals surface area contributed by atoms with Gasteiger partial charge in [-0.05, 0) is 126 Å². The molecule has 5 rings (SSSR count). The van der Waals surface area contributed by atoms with E-state index in [1.807, 2.05) is 114 Å². The van der Waals surface area contributed by atoms with Crippen LogP contribution in [0.4, 0.5) is 9.59 Å². The number of likely N-dealkylation sites (tertiary alicyclic amines) is 2. The number of likely N-dealkylation sites (N-methyl/N-ethyl adjacent to an activating group) is 1. The molecule has 2 heterocycles. The summed E-state index contributed by atoms with van der Waals surface area (Å²) in [5.41, 5.74) is 0.444. The monoisotopic (exact) mass is 1160 g/mol. The second-order valence-electron chi connectivity index (χ2n) is 24.6. The van der Waals surface area contributed by atoms with E-state index < -0.39 is 88.2 Å². The van der Waals surface area contributed by atoms with E-state index >= 15 is 0 Å². The van der Waals surface area contributed by atoms with Gasteiger partial charge in [0.25, 0.3) is 11.8 Å². The number of nitrogens with one attached hydrogen (secondary N) is 5. The predicted octanol–water partition coefficient (Wildman–Crippen LogP) is 7.16. The van der Waals surface area contributed by atoms with Gasteiger partial charge in [0.1, 0.15) is 23.3 Å². The lowest BCUT2D eigenvalue weighted by molar-refractivity contribution is -0.138. The quantitative estimate of drug-likeness (QED) is 0.0177. The Hall–Kier alpha value is -6.72. The van der Waals surface area contributed by atoms with Crippen LogP contribution in [0.1, 0.15) is 130 Å². The third-order valence-corrected chi connectivity index (χ3v) is 15.1. The number of hydrogen-bond acceptors (Lipinski definition) is 15. The number of carbonyl (C=O) groups is 6. The molecule has 2 saturated heterocycles. The molecule has 21 nitrogen and oxygen atoms in total. The van der Waals surface area contributed by atoms with E-state index in [1.54, 1.807) is 69.5 Å². The molecule has 2 aliphatic heterocycles. The lowest BCUT2D eigenvalue weighted by Crippen LogP contribution is -2.58. The van der Waals surface area contributed by atoms with Gasteiger partial charge in [-0.2, -0.15) is 10.2 Å². The first kappa shape index (κ1) is 65.1. The van der Waals surface area contributed by atoms with Gasteiger partial charge in [0.2, 0.25) is 17.0 Å². The Labute approximate surface area is 487 Å². The molecule has 3 aromatic rings. The first-order valence-electron chi connectivity index (χ1n) is 27.4. The molecule has 0 saturated carbocycles. The number of nitrogens with two attached hydrogens (primary N) is 2. The van der Waals surface area contributed by atoms with Gasteiger partial charge in [-0.15, -0.1) is 0 Å². The van der Waals surface area contributed by atoms with Crippen LogP contribution in [0.15, 0.2) is 105 Å². The van der Waals surface area contributed by atoms with Crippen molar-refractivity contribution in [2.24, 2.45) is 32.7 Å². The van der Waals surface area contributed by atoms with Crippen LogP contribution in [-0.2, 0) is 19.1 Å². The fraction of sp³-hybridized carbons (Fsp3) is 0.552. The largest absolute Gasteiger partial charge is 0.444 e. The molecule has 9 N–H and O–H groups in total. The Morgan fingerprint density at radius 2 is 1.06 bits per heavy atom. The van der Waals surface area contributed by atoms with Crippen molar-refractivity contribution in [1.82, 2.24) is 46.4 Å². The molecule has 444 valence electrons. The van der Waals surface area contributed by atoms with Crippen LogP contribution in [0.25, 0.3) is 0 Å². The average Bonchev–Trinajstić information content (AvgIpc) is 3.97. The zero-order valence-corrected chi connectivity index (χ0v) is 51.3. The highest BCUT2D eigenvalue weighted by atomic mass is 32.2. The number of carbonyl (C=O) groups excluding carboxylic acids is 6. The topological polar surface area (TPSA) is 271 Å². The molecule has 0 spiro atoms. The van der Waals surface area contributed by atoms with Gasteiger partial charge in [-0.3, -0.25) is 24.2 Å². The average molecular weight is 1160 g/mol. The van der Waals surface area contributed by atoms with E-state index in [1.165, 1.54) is 34.6 Å². The Morgan fingerprint density at radius 1 is 0.642 bits per heavy atom. The number of nitrogens with zero attached hydrogens (tertiary/aromatic N) is 6. The fourth-order valence-corrected chi connectivity index (χ4v) is 10.8. The number of alkyl carbamates (subject to hydrolysis) is 2. The fourth-order valence-electron chi connectivity index (χ4n) is 9.22. The van der Waals surface area contributed by atoms with Gasteiger partial charge < -0.3 is 56.7 Å². The van der Waals surface area contributed by atoms with E-state index in [-0.39, 0.29) is 48.3 Å². The number of amides is 6. The van der Waals surface area contributed by atoms with E-state index in [9.17, 15) is 28.8 Å². The number of thioether (sulfide) groups is 2. The van der Waals surface area contributed by atoms with Crippen LogP contribution in [0.3, 0.4) is 0 Å². The Kier molecular flexibility index (Phi) is 22.8. The summed E-state index contributed by atoms with van der Waals surface area (Å²) in [4.78, 5) is 91.8. The zero-order valence-electron chi connectivity index (χ0n) is 49.6. The molecule has 81 heavy (non-hydrogen) atoms. The molecule has 23 heteroatoms. The molecule has 0 bridgehead atoms. The summed E-state index contributed by atoms with van der Waals surface area (Å²) in [5.74, 6) is 10.8. The third kappa shape index (κ3) is 20.0. The highest BCUT2D eigenvalue weighted by Crippen LogP contribution is 2.31. The number of amidine groups is 2. The first-order valence-corrected chi connectivity index (χ1v) is 29.1. The second kappa shape index (κ2) is 28.3. The summed E-state index contributed by atoms with van der Waals surface area (Å²) >= 11 is 2.73. The van der Waals surface area contributed by atoms with Crippen LogP contribution in [0.5, 0.6) is 0 Å². The van der Waals surface area contributed by atoms with E-state index in [0.717, 1.165) is 16.2 Å². The molecular weight excluding hydrogens is 1070 g/mol. The highest BCUT2D eigenvalue weighted by molar-refractivity contribution is 8.14. The Morgan fingerprint density at radius 3 is 1.46 bits per heavy atom. The van der Waals surface area contributed by atoms with E-state index in [4.69, 9.17) is 26.3 Å². The number of hydrogen-bond donors (Lipinski definition) is 7. The number of rotatable bonds is 17. The Balaban J connectivity index is 1.38. The molecule has 2 fully saturated rings. The van der Waals surface area contributed by atoms with Crippen LogP contribution < -0.4 is 38.4 Å². The van der Waals surface area contributed by atoms with Gasteiger partial charge in [0, 0.05) is 66.2 Å². The van der Waals surface area contributed by atoms with Crippen molar-refractivity contribution < 1.29 is 38.2 Å². The molecule has 3 unspecified atom stereocenters. The smallest absolute Gasteiger partial charge is 0.408 e. The third-order valence-electron chi connectivity index (χ3n) is 13.0. The molecule has 3 aromatic carbocycles. The maximum atomic E-state index is 14.9. The van der Waals surface area contributed by atoms with Gasteiger partial charge in [-0.25, -0.2) is 15.4 Å². The van der Waals surface area contributed by atoms with Crippen LogP contribution in [0.2, 0.25) is 0 Å². The molecule has 0 aliphatic carbocycles. The van der Waals surface area contributed by atoms with Crippen molar-refractivity contribution in [3.05, 3.63) is 96.1 Å². The predicted molar refractivity (Wildman–Crippen MR) is 320 cm³/mol. The maximum absolute atomic E-state index is 14.9. The maximum Gasteiger partial charge on any atom is 0.408 e. The minimum Gasteiger partial charge on any atom is -0.444 e. The molecule has 6 atom stereocenters. The SMILES string of the molecule is CCCN/N=C(/Sc1ccccc1)N(C)CC1CC(NC(=O)c2cccc(C(=O)N[C@H]3C[C@@H](CN(N)/C(=N\N)Sc4ccccc4)N(C(=O)C(NC(=O)OC(C)(C)C)C(C)(C)C)C3)c2)CN1C(=O)[C@@H](NC(=O)OC(C)(C)C)C(C)(C)C. The standard InChI is InChI=1S/C58H87N13O8S2/c1-15-29-61-67-52(81-44-27-20-17-21-28-44)68(14)35-41-31-39(33-69(41)49(74)45(55(2,3)4)64-53(76)78-57(8,9)10)62-47(72)37-23-22-24-38(30-37)48(73)63-40-32-42(36-71(60)51(66-59)80-43-25-18-16-19-26-43)70(34-40)50(75)46(56(5,6)7)65-54(77)79-58(11,12)13/h16-28,30,39-42,45-46,61H,15,29,31-36,59-60H2,1-14H3,(H,62,72)(H,63,73)(H,64,76)(H,65,77)/b66-51+,67-52+/t39?,40-,41?,42-,45+,46?/m0/s1. The number of benzene rings is 3. The summed E-state index contributed by atoms with van der Waals surface area (Å²) in [7, 11) is 1.91. The van der Waals surface area contributed by atoms with Gasteiger partial charge in [0.15, 0.2) is 5.17 Å². The minimum atomic E-state index is -1.03. The zero-order chi connectivity index (χ0) is 60.0. The van der Waals surface area contributed by atoms with Crippen molar-refractivity contribution in [3.63, 3.8) is 0 Å². The summed E-state index contributed by atoms with van der Waals surface area (Å²) in [6.45, 7) is 24.9. The summed E-state index contributed by atoms with van der Waals surface area (Å²) in [6.07, 6.45) is 0.0260. The summed E-state index contributed by atoms with van der Waals surface area (Å²) in [6, 6.07) is 21.4. The van der Waals surface area contributed by atoms with E-state index in [2.05, 4.69) is 38.7 Å². The highest BCUT2D eigenvalue weighted by Gasteiger charge is 2.46. The van der Waals surface area contributed by atoms with Crippen molar-refractivity contribution in [2.75, 3.05) is 39.8 Å². The van der Waals surface area contributed by atoms with Crippen LogP contribution >= 0.6 is 23.5 Å². The normalized spacial score (nSPS) is 18.8. The minimum absolute atomic E-state index is 0.0664. The molecule has 0 radical (unpaired) electrons. The summed E-state index contributed by atoms with van der Waals surface area (Å²) in [5, 5.41) is 22.9. The van der Waals surface area contributed by atoms with Gasteiger partial charge >= 0.3 is 12.2 Å². The van der Waals surface area contributed by atoms with Crippen molar-refractivity contribution in [2.45, 2.75) is 167 Å². The van der Waals surface area contributed by atoms with Crippen LogP contribution in [-0.4, -0.2) is 153 Å². The van der Waals surface area contributed by atoms with E-state index in [0.29, 0.717) is 24.7 Å². The first-order chi connectivity index (χ1) is 37.8. The molecular formula is C58H87N13O8S2. The summed E-state index contributed by atoms with van der Waals surface area (Å²) < 4.78 is 11.2. The van der Waals surface area contributed by atoms with Gasteiger partial charge in [-0.1, -0.05) is 103 Å². The van der Waals surface area contributed by atoms with Crippen molar-refractivity contribution in [1.29, 1.82) is 0 Å². The van der Waals surface area contributed by atoms with Gasteiger partial charge in [0.05, 0.1) is 18.6 Å². The second-order valence-corrected chi connectivity index (χ2v) is 26.7. The van der Waals surface area contributed by atoms with Crippen molar-refractivity contribution >= 4 is 69.7 Å². The molecule has 6 amide bonds. The van der Waals surface area contributed by atoms with Crippen molar-refractivity contribution in [3.8, 4) is 0 Å². The molecule has 0 aromatic heterocycles. The number of ether oxygens (including phenoxy) is 2. The molecule has 2 aliphatic rings. The lowest BCUT2D eigenvalue weighted by Gasteiger charge is -2.37. The number of hydrazine groups is 1. The van der Waals surface area contributed by atoms with Crippen LogP contribution in [0, 0.1) is 10.8 Å².